The van der Waals surface area contributed by atoms with Gasteiger partial charge in [-0.3, -0.25) is 4.79 Å². The Kier molecular flexibility index (Phi) is 5.02. The molecule has 0 saturated carbocycles. The molecule has 2 rings (SSSR count). The Morgan fingerprint density at radius 1 is 0.882 bits per heavy atom. The number of hydrogen-bond donors (Lipinski definition) is 1. The smallest absolute Gasteiger partial charge is 1.00 e. The molecule has 3 heteroatoms. The van der Waals surface area contributed by atoms with E-state index in [1.54, 1.807) is 0 Å². The van der Waals surface area contributed by atoms with Gasteiger partial charge in [-0.05, 0) is 11.1 Å². The summed E-state index contributed by atoms with van der Waals surface area (Å²) in [6.07, 6.45) is 0. The number of benzene rings is 2. The molecule has 17 heavy (non-hydrogen) atoms. The van der Waals surface area contributed by atoms with E-state index >= 15 is 0 Å². The first kappa shape index (κ1) is 13.6. The van der Waals surface area contributed by atoms with Gasteiger partial charge in [-0.15, -0.1) is 0 Å². The summed E-state index contributed by atoms with van der Waals surface area (Å²) in [6.45, 7) is 0. The minimum atomic E-state index is -0.822. The third-order valence-corrected chi connectivity index (χ3v) is 2.51. The molecule has 2 aromatic carbocycles. The molecule has 0 spiro atoms. The van der Waals surface area contributed by atoms with Crippen LogP contribution in [0.25, 0.3) is 0 Å². The maximum atomic E-state index is 11.3. The number of hydrogen-bond acceptors (Lipinski definition) is 1. The van der Waals surface area contributed by atoms with Crippen molar-refractivity contribution in [2.75, 3.05) is 0 Å². The molecule has 0 aromatic heterocycles. The Balaban J connectivity index is 0.00000144. The van der Waals surface area contributed by atoms with Gasteiger partial charge in [0, 0.05) is 0 Å². The Morgan fingerprint density at radius 2 is 1.24 bits per heavy atom. The van der Waals surface area contributed by atoms with Gasteiger partial charge in [0.1, 0.15) is 5.92 Å². The van der Waals surface area contributed by atoms with E-state index in [2.05, 4.69) is 0 Å². The van der Waals surface area contributed by atoms with Crippen LogP contribution >= 0.6 is 0 Å². The van der Waals surface area contributed by atoms with E-state index in [0.717, 1.165) is 11.1 Å². The molecule has 0 aliphatic heterocycles. The van der Waals surface area contributed by atoms with E-state index in [0.29, 0.717) is 0 Å². The number of carboxylic acids is 1. The van der Waals surface area contributed by atoms with Crippen LogP contribution in [0.5, 0.6) is 0 Å². The van der Waals surface area contributed by atoms with E-state index < -0.39 is 11.9 Å². The summed E-state index contributed by atoms with van der Waals surface area (Å²) in [6, 6.07) is 18.5. The minimum Gasteiger partial charge on any atom is -1.00 e. The molecule has 0 aliphatic rings. The standard InChI is InChI=1S/C14H12O2.Li.H/c15-14(16)13(11-7-3-1-4-8-11)12-9-5-2-6-10-12;;/h1-10,13H,(H,15,16);;/q;+1;-1. The van der Waals surface area contributed by atoms with Crippen LogP contribution in [0, 0.1) is 0 Å². The minimum absolute atomic E-state index is 0. The molecule has 82 valence electrons. The van der Waals surface area contributed by atoms with Crippen LogP contribution < -0.4 is 18.9 Å². The van der Waals surface area contributed by atoms with Gasteiger partial charge in [-0.1, -0.05) is 60.7 Å². The largest absolute Gasteiger partial charge is 1.00 e. The second-order valence-corrected chi connectivity index (χ2v) is 3.59. The topological polar surface area (TPSA) is 37.3 Å². The predicted octanol–water partition coefficient (Wildman–Crippen LogP) is 0.0196. The molecule has 2 nitrogen and oxygen atoms in total. The van der Waals surface area contributed by atoms with Gasteiger partial charge in [0.2, 0.25) is 0 Å². The summed E-state index contributed by atoms with van der Waals surface area (Å²) >= 11 is 0. The van der Waals surface area contributed by atoms with Crippen LogP contribution in [-0.2, 0) is 4.79 Å². The van der Waals surface area contributed by atoms with Gasteiger partial charge in [0.15, 0.2) is 0 Å². The van der Waals surface area contributed by atoms with Gasteiger partial charge in [-0.25, -0.2) is 0 Å². The maximum Gasteiger partial charge on any atom is 1.00 e. The van der Waals surface area contributed by atoms with E-state index in [1.165, 1.54) is 0 Å². The average Bonchev–Trinajstić information content (AvgIpc) is 2.31. The number of carboxylic acid groups (broad SMARTS) is 1. The molecular weight excluding hydrogens is 207 g/mol. The summed E-state index contributed by atoms with van der Waals surface area (Å²) < 4.78 is 0. The van der Waals surface area contributed by atoms with Gasteiger partial charge in [0.05, 0.1) is 0 Å². The Bertz CT molecular complexity index is 434. The quantitative estimate of drug-likeness (QED) is 0.740. The van der Waals surface area contributed by atoms with Crippen LogP contribution in [0.15, 0.2) is 60.7 Å². The SMILES string of the molecule is O=C(O)C(c1ccccc1)c1ccccc1.[H-].[Li+]. The molecular formula is C14H13LiO2. The fraction of sp³-hybridized carbons (Fsp3) is 0.0714. The number of carbonyl (C=O) groups is 1. The predicted molar refractivity (Wildman–Crippen MR) is 63.5 cm³/mol. The molecule has 0 atom stereocenters. The van der Waals surface area contributed by atoms with Crippen LogP contribution in [0.3, 0.4) is 0 Å². The summed E-state index contributed by atoms with van der Waals surface area (Å²) in [7, 11) is 0. The average molecular weight is 220 g/mol. The van der Waals surface area contributed by atoms with Crippen LogP contribution in [-0.4, -0.2) is 11.1 Å². The van der Waals surface area contributed by atoms with Crippen molar-refractivity contribution >= 4 is 5.97 Å². The zero-order valence-electron chi connectivity index (χ0n) is 10.7. The van der Waals surface area contributed by atoms with E-state index in [9.17, 15) is 9.90 Å². The zero-order chi connectivity index (χ0) is 11.4. The molecule has 0 radical (unpaired) electrons. The van der Waals surface area contributed by atoms with Crippen LogP contribution in [0.1, 0.15) is 18.5 Å². The molecule has 1 N–H and O–H groups in total. The normalized spacial score (nSPS) is 9.71. The van der Waals surface area contributed by atoms with Crippen molar-refractivity contribution in [3.63, 3.8) is 0 Å². The summed E-state index contributed by atoms with van der Waals surface area (Å²) in [5.41, 5.74) is 1.61. The second kappa shape index (κ2) is 6.29. The van der Waals surface area contributed by atoms with Crippen LogP contribution in [0.2, 0.25) is 0 Å². The monoisotopic (exact) mass is 220 g/mol. The van der Waals surface area contributed by atoms with E-state index in [-0.39, 0.29) is 20.3 Å². The zero-order valence-corrected chi connectivity index (χ0v) is 9.71. The van der Waals surface area contributed by atoms with Crippen molar-refractivity contribution in [1.29, 1.82) is 0 Å². The van der Waals surface area contributed by atoms with Crippen LogP contribution in [0.4, 0.5) is 0 Å². The Morgan fingerprint density at radius 3 is 1.53 bits per heavy atom. The first-order valence-corrected chi connectivity index (χ1v) is 5.12. The maximum absolute atomic E-state index is 11.3. The van der Waals surface area contributed by atoms with Gasteiger partial charge < -0.3 is 6.53 Å². The molecule has 0 fully saturated rings. The molecule has 0 saturated heterocycles. The van der Waals surface area contributed by atoms with Crippen molar-refractivity contribution in [3.05, 3.63) is 71.8 Å². The van der Waals surface area contributed by atoms with Gasteiger partial charge in [0.25, 0.3) is 0 Å². The third kappa shape index (κ3) is 3.23. The van der Waals surface area contributed by atoms with Crippen molar-refractivity contribution in [3.8, 4) is 0 Å². The number of aliphatic carboxylic acids is 1. The molecule has 0 unspecified atom stereocenters. The van der Waals surface area contributed by atoms with Gasteiger partial charge >= 0.3 is 24.8 Å². The first-order chi connectivity index (χ1) is 7.79. The Hall–Kier alpha value is -1.49. The van der Waals surface area contributed by atoms with Gasteiger partial charge in [-0.2, -0.15) is 0 Å². The summed E-state index contributed by atoms with van der Waals surface area (Å²) in [5.74, 6) is -1.40. The van der Waals surface area contributed by atoms with Crippen molar-refractivity contribution in [1.82, 2.24) is 0 Å². The molecule has 0 bridgehead atoms. The fourth-order valence-electron chi connectivity index (χ4n) is 1.77. The Labute approximate surface area is 114 Å². The molecule has 2 aromatic rings. The molecule has 0 amide bonds. The van der Waals surface area contributed by atoms with Crippen molar-refractivity contribution in [2.24, 2.45) is 0 Å². The van der Waals surface area contributed by atoms with Crippen molar-refractivity contribution < 1.29 is 30.2 Å². The summed E-state index contributed by atoms with van der Waals surface area (Å²) in [4.78, 5) is 11.3. The van der Waals surface area contributed by atoms with E-state index in [4.69, 9.17) is 0 Å². The second-order valence-electron chi connectivity index (χ2n) is 3.59. The van der Waals surface area contributed by atoms with E-state index in [1.807, 2.05) is 60.7 Å². The summed E-state index contributed by atoms with van der Waals surface area (Å²) in [5, 5.41) is 9.28. The number of rotatable bonds is 3. The van der Waals surface area contributed by atoms with Crippen molar-refractivity contribution in [2.45, 2.75) is 5.92 Å². The third-order valence-electron chi connectivity index (χ3n) is 2.51. The first-order valence-electron chi connectivity index (χ1n) is 5.12. The fourth-order valence-corrected chi connectivity index (χ4v) is 1.77. The molecule has 0 aliphatic carbocycles. The molecule has 0 heterocycles.